The fourth-order valence-corrected chi connectivity index (χ4v) is 4.20. The van der Waals surface area contributed by atoms with E-state index in [9.17, 15) is 8.42 Å². The van der Waals surface area contributed by atoms with E-state index in [0.29, 0.717) is 31.1 Å². The number of hydrogen-bond acceptors (Lipinski definition) is 5. The second kappa shape index (κ2) is 4.32. The molecule has 2 N–H and O–H groups in total. The van der Waals surface area contributed by atoms with Gasteiger partial charge in [0.25, 0.3) is 0 Å². The van der Waals surface area contributed by atoms with Crippen molar-refractivity contribution in [1.29, 1.82) is 0 Å². The summed E-state index contributed by atoms with van der Waals surface area (Å²) in [4.78, 5) is 0.198. The lowest BCUT2D eigenvalue weighted by atomic mass is 9.90. The van der Waals surface area contributed by atoms with E-state index in [0.717, 1.165) is 6.42 Å². The van der Waals surface area contributed by atoms with Gasteiger partial charge in [-0.05, 0) is 32.2 Å². The van der Waals surface area contributed by atoms with Crippen LogP contribution in [0.5, 0.6) is 0 Å². The molecular weight excluding hydrogens is 254 g/mol. The maximum absolute atomic E-state index is 12.5. The maximum atomic E-state index is 12.5. The summed E-state index contributed by atoms with van der Waals surface area (Å²) >= 11 is 0. The lowest BCUT2D eigenvalue weighted by molar-refractivity contribution is 0.349. The molecule has 1 unspecified atom stereocenters. The minimum Gasteiger partial charge on any atom is -0.360 e. The minimum absolute atomic E-state index is 0.133. The molecule has 0 aliphatic carbocycles. The molecule has 1 atom stereocenters. The van der Waals surface area contributed by atoms with Crippen molar-refractivity contribution in [2.24, 2.45) is 11.1 Å². The summed E-state index contributed by atoms with van der Waals surface area (Å²) < 4.78 is 31.5. The number of sulfonamides is 1. The third-order valence-electron chi connectivity index (χ3n) is 3.58. The predicted octanol–water partition coefficient (Wildman–Crippen LogP) is 0.651. The molecule has 1 aromatic rings. The van der Waals surface area contributed by atoms with Gasteiger partial charge in [-0.15, -0.1) is 0 Å². The number of nitrogens with zero attached hydrogens (tertiary/aromatic N) is 2. The van der Waals surface area contributed by atoms with Gasteiger partial charge >= 0.3 is 0 Å². The van der Waals surface area contributed by atoms with Crippen LogP contribution in [0.15, 0.2) is 9.42 Å². The Kier molecular flexibility index (Phi) is 3.25. The SMILES string of the molecule is Cc1noc(C)c1S(=O)(=O)N1CCC(C)(CN)C1. The van der Waals surface area contributed by atoms with Crippen molar-refractivity contribution in [3.8, 4) is 0 Å². The second-order valence-corrected chi connectivity index (χ2v) is 7.13. The molecule has 0 saturated carbocycles. The van der Waals surface area contributed by atoms with Crippen molar-refractivity contribution < 1.29 is 12.9 Å². The molecule has 1 aliphatic rings. The van der Waals surface area contributed by atoms with Crippen molar-refractivity contribution in [1.82, 2.24) is 9.46 Å². The molecule has 7 heteroatoms. The van der Waals surface area contributed by atoms with Crippen LogP contribution < -0.4 is 5.73 Å². The van der Waals surface area contributed by atoms with E-state index in [2.05, 4.69) is 5.16 Å². The van der Waals surface area contributed by atoms with Crippen LogP contribution >= 0.6 is 0 Å². The van der Waals surface area contributed by atoms with Crippen molar-refractivity contribution >= 4 is 10.0 Å². The van der Waals surface area contributed by atoms with Crippen molar-refractivity contribution in [2.45, 2.75) is 32.1 Å². The maximum Gasteiger partial charge on any atom is 0.248 e. The number of rotatable bonds is 3. The highest BCUT2D eigenvalue weighted by molar-refractivity contribution is 7.89. The molecule has 0 aromatic carbocycles. The molecule has 0 spiro atoms. The predicted molar refractivity (Wildman–Crippen MR) is 66.5 cm³/mol. The molecule has 102 valence electrons. The van der Waals surface area contributed by atoms with Crippen LogP contribution in [0.1, 0.15) is 24.8 Å². The first-order valence-corrected chi connectivity index (χ1v) is 7.37. The Balaban J connectivity index is 2.35. The first-order valence-electron chi connectivity index (χ1n) is 5.93. The first-order chi connectivity index (χ1) is 8.30. The van der Waals surface area contributed by atoms with Crippen LogP contribution in [-0.4, -0.2) is 37.5 Å². The van der Waals surface area contributed by atoms with Gasteiger partial charge in [-0.25, -0.2) is 8.42 Å². The lowest BCUT2D eigenvalue weighted by Gasteiger charge is -2.22. The van der Waals surface area contributed by atoms with E-state index in [1.165, 1.54) is 4.31 Å². The molecule has 0 amide bonds. The molecule has 6 nitrogen and oxygen atoms in total. The molecular formula is C11H19N3O3S. The Bertz CT molecular complexity index is 532. The third-order valence-corrected chi connectivity index (χ3v) is 5.67. The highest BCUT2D eigenvalue weighted by atomic mass is 32.2. The zero-order valence-corrected chi connectivity index (χ0v) is 11.7. The molecule has 1 saturated heterocycles. The molecule has 0 radical (unpaired) electrons. The van der Waals surface area contributed by atoms with E-state index >= 15 is 0 Å². The quantitative estimate of drug-likeness (QED) is 0.873. The van der Waals surface area contributed by atoms with Gasteiger partial charge in [0.2, 0.25) is 10.0 Å². The molecule has 1 aromatic heterocycles. The molecule has 1 aliphatic heterocycles. The minimum atomic E-state index is -3.52. The van der Waals surface area contributed by atoms with Crippen LogP contribution in [0.4, 0.5) is 0 Å². The summed E-state index contributed by atoms with van der Waals surface area (Å²) in [5.74, 6) is 0.342. The molecule has 2 rings (SSSR count). The molecule has 2 heterocycles. The Morgan fingerprint density at radius 2 is 2.17 bits per heavy atom. The standard InChI is InChI=1S/C11H19N3O3S/c1-8-10(9(2)17-13-8)18(15,16)14-5-4-11(3,6-12)7-14/h4-7,12H2,1-3H3. The Labute approximate surface area is 107 Å². The summed E-state index contributed by atoms with van der Waals surface area (Å²) in [5.41, 5.74) is 5.98. The van der Waals surface area contributed by atoms with E-state index in [4.69, 9.17) is 10.3 Å². The largest absolute Gasteiger partial charge is 0.360 e. The normalized spacial score (nSPS) is 25.8. The second-order valence-electron chi connectivity index (χ2n) is 5.26. The van der Waals surface area contributed by atoms with Gasteiger partial charge in [0, 0.05) is 13.1 Å². The number of nitrogens with two attached hydrogens (primary N) is 1. The molecule has 1 fully saturated rings. The van der Waals surface area contributed by atoms with E-state index in [1.807, 2.05) is 6.92 Å². The fraction of sp³-hybridized carbons (Fsp3) is 0.727. The van der Waals surface area contributed by atoms with Crippen LogP contribution in [0.3, 0.4) is 0 Å². The summed E-state index contributed by atoms with van der Waals surface area (Å²) in [7, 11) is -3.52. The average Bonchev–Trinajstić information content (AvgIpc) is 2.84. The Morgan fingerprint density at radius 3 is 2.61 bits per heavy atom. The van der Waals surface area contributed by atoms with Crippen molar-refractivity contribution in [3.63, 3.8) is 0 Å². The summed E-state index contributed by atoms with van der Waals surface area (Å²) in [5, 5.41) is 3.70. The van der Waals surface area contributed by atoms with Gasteiger partial charge in [-0.1, -0.05) is 12.1 Å². The monoisotopic (exact) mass is 273 g/mol. The van der Waals surface area contributed by atoms with Gasteiger partial charge in [0.05, 0.1) is 0 Å². The van der Waals surface area contributed by atoms with Gasteiger partial charge < -0.3 is 10.3 Å². The third kappa shape index (κ3) is 2.06. The van der Waals surface area contributed by atoms with Crippen molar-refractivity contribution in [2.75, 3.05) is 19.6 Å². The average molecular weight is 273 g/mol. The van der Waals surface area contributed by atoms with E-state index in [1.54, 1.807) is 13.8 Å². The molecule has 18 heavy (non-hydrogen) atoms. The number of hydrogen-bond donors (Lipinski definition) is 1. The fourth-order valence-electron chi connectivity index (χ4n) is 2.32. The van der Waals surface area contributed by atoms with Gasteiger partial charge in [0.1, 0.15) is 10.6 Å². The van der Waals surface area contributed by atoms with Crippen LogP contribution in [0.2, 0.25) is 0 Å². The number of aromatic nitrogens is 1. The summed E-state index contributed by atoms with van der Waals surface area (Å²) in [6.45, 7) is 6.71. The lowest BCUT2D eigenvalue weighted by Crippen LogP contribution is -2.34. The first kappa shape index (κ1) is 13.5. The van der Waals surface area contributed by atoms with Gasteiger partial charge in [0.15, 0.2) is 5.76 Å². The number of aryl methyl sites for hydroxylation is 2. The van der Waals surface area contributed by atoms with E-state index in [-0.39, 0.29) is 10.3 Å². The topological polar surface area (TPSA) is 89.4 Å². The highest BCUT2D eigenvalue weighted by Crippen LogP contribution is 2.34. The zero-order chi connectivity index (χ0) is 13.6. The van der Waals surface area contributed by atoms with Gasteiger partial charge in [-0.2, -0.15) is 4.31 Å². The Morgan fingerprint density at radius 1 is 1.50 bits per heavy atom. The van der Waals surface area contributed by atoms with Crippen LogP contribution in [0, 0.1) is 19.3 Å². The Hall–Kier alpha value is -0.920. The summed E-state index contributed by atoms with van der Waals surface area (Å²) in [6, 6.07) is 0. The van der Waals surface area contributed by atoms with E-state index < -0.39 is 10.0 Å². The van der Waals surface area contributed by atoms with Crippen molar-refractivity contribution in [3.05, 3.63) is 11.5 Å². The van der Waals surface area contributed by atoms with Gasteiger partial charge in [-0.3, -0.25) is 0 Å². The van der Waals surface area contributed by atoms with Crippen LogP contribution in [-0.2, 0) is 10.0 Å². The van der Waals surface area contributed by atoms with Crippen LogP contribution in [0.25, 0.3) is 0 Å². The zero-order valence-electron chi connectivity index (χ0n) is 10.9. The summed E-state index contributed by atoms with van der Waals surface area (Å²) in [6.07, 6.45) is 0.784. The molecule has 0 bridgehead atoms. The highest BCUT2D eigenvalue weighted by Gasteiger charge is 2.41. The smallest absolute Gasteiger partial charge is 0.248 e.